The lowest BCUT2D eigenvalue weighted by Crippen LogP contribution is -2.06. The number of hydrogen-bond donors (Lipinski definition) is 1. The van der Waals surface area contributed by atoms with Gasteiger partial charge in [0.2, 0.25) is 0 Å². The number of nitrogens with one attached hydrogen (secondary N) is 1. The molecule has 0 aliphatic rings. The van der Waals surface area contributed by atoms with E-state index in [0.29, 0.717) is 34.7 Å². The van der Waals surface area contributed by atoms with Crippen molar-refractivity contribution in [2.45, 2.75) is 6.92 Å². The summed E-state index contributed by atoms with van der Waals surface area (Å²) in [6.45, 7) is 2.09. The average Bonchev–Trinajstić information content (AvgIpc) is 3.08. The van der Waals surface area contributed by atoms with Crippen molar-refractivity contribution in [1.82, 2.24) is 15.0 Å². The molecule has 1 N–H and O–H groups in total. The topological polar surface area (TPSA) is 67.9 Å². The highest BCUT2D eigenvalue weighted by Crippen LogP contribution is 2.30. The molecule has 2 aromatic heterocycles. The minimum Gasteiger partial charge on any atom is -0.462 e. The van der Waals surface area contributed by atoms with Gasteiger partial charge < -0.3 is 9.72 Å². The Morgan fingerprint density at radius 1 is 1.00 bits per heavy atom. The minimum atomic E-state index is -0.393. The summed E-state index contributed by atoms with van der Waals surface area (Å²) >= 11 is 0. The number of benzene rings is 2. The van der Waals surface area contributed by atoms with Crippen LogP contribution in [-0.4, -0.2) is 27.5 Å². The van der Waals surface area contributed by atoms with E-state index < -0.39 is 5.97 Å². The number of rotatable bonds is 4. The quantitative estimate of drug-likeness (QED) is 0.555. The van der Waals surface area contributed by atoms with Crippen LogP contribution in [0.4, 0.5) is 0 Å². The van der Waals surface area contributed by atoms with Gasteiger partial charge in [0.25, 0.3) is 0 Å². The van der Waals surface area contributed by atoms with E-state index in [0.717, 1.165) is 11.1 Å². The summed E-state index contributed by atoms with van der Waals surface area (Å²) in [4.78, 5) is 25.0. The van der Waals surface area contributed by atoms with Crippen LogP contribution >= 0.6 is 0 Å². The summed E-state index contributed by atoms with van der Waals surface area (Å²) in [7, 11) is 0. The summed E-state index contributed by atoms with van der Waals surface area (Å²) in [5, 5.41) is 0. The summed E-state index contributed by atoms with van der Waals surface area (Å²) in [6.07, 6.45) is 1.71. The zero-order chi connectivity index (χ0) is 17.9. The van der Waals surface area contributed by atoms with Gasteiger partial charge in [-0.2, -0.15) is 0 Å². The van der Waals surface area contributed by atoms with Crippen LogP contribution in [-0.2, 0) is 4.74 Å². The first-order valence-corrected chi connectivity index (χ1v) is 8.44. The van der Waals surface area contributed by atoms with Crippen molar-refractivity contribution < 1.29 is 9.53 Å². The van der Waals surface area contributed by atoms with Crippen molar-refractivity contribution in [2.75, 3.05) is 6.61 Å². The molecule has 0 aliphatic heterocycles. The maximum Gasteiger partial charge on any atom is 0.342 e. The molecule has 4 aromatic rings. The highest BCUT2D eigenvalue weighted by Gasteiger charge is 2.22. The Balaban J connectivity index is 1.95. The maximum atomic E-state index is 12.7. The predicted molar refractivity (Wildman–Crippen MR) is 101 cm³/mol. The second kappa shape index (κ2) is 6.80. The number of carbonyl (C=O) groups excluding carboxylic acids is 1. The molecule has 0 amide bonds. The number of nitrogens with zero attached hydrogens (tertiary/aromatic N) is 2. The summed E-state index contributed by atoms with van der Waals surface area (Å²) in [5.74, 6) is 0.178. The predicted octanol–water partition coefficient (Wildman–Crippen LogP) is 4.47. The lowest BCUT2D eigenvalue weighted by Gasteiger charge is -2.05. The van der Waals surface area contributed by atoms with Crippen LogP contribution in [0, 0.1) is 0 Å². The normalized spacial score (nSPS) is 10.8. The van der Waals surface area contributed by atoms with E-state index in [9.17, 15) is 4.79 Å². The van der Waals surface area contributed by atoms with Crippen LogP contribution in [0.3, 0.4) is 0 Å². The van der Waals surface area contributed by atoms with E-state index in [1.54, 1.807) is 13.1 Å². The van der Waals surface area contributed by atoms with Gasteiger partial charge in [-0.25, -0.2) is 14.8 Å². The number of aromatic amines is 1. The number of hydrogen-bond acceptors (Lipinski definition) is 4. The van der Waals surface area contributed by atoms with Gasteiger partial charge in [0.15, 0.2) is 5.82 Å². The molecule has 5 heteroatoms. The number of carbonyl (C=O) groups is 1. The van der Waals surface area contributed by atoms with Gasteiger partial charge in [0.1, 0.15) is 11.1 Å². The first-order chi connectivity index (χ1) is 12.8. The monoisotopic (exact) mass is 343 g/mol. The zero-order valence-electron chi connectivity index (χ0n) is 14.3. The van der Waals surface area contributed by atoms with Gasteiger partial charge >= 0.3 is 5.97 Å². The Labute approximate surface area is 150 Å². The molecule has 0 saturated carbocycles. The van der Waals surface area contributed by atoms with Gasteiger partial charge in [0.05, 0.1) is 24.0 Å². The van der Waals surface area contributed by atoms with Crippen LogP contribution in [0.5, 0.6) is 0 Å². The van der Waals surface area contributed by atoms with E-state index in [2.05, 4.69) is 15.0 Å². The van der Waals surface area contributed by atoms with Gasteiger partial charge in [-0.1, -0.05) is 60.7 Å². The smallest absolute Gasteiger partial charge is 0.342 e. The molecule has 0 spiro atoms. The zero-order valence-corrected chi connectivity index (χ0v) is 14.3. The highest BCUT2D eigenvalue weighted by molar-refractivity contribution is 6.08. The van der Waals surface area contributed by atoms with Crippen molar-refractivity contribution in [3.63, 3.8) is 0 Å². The van der Waals surface area contributed by atoms with Gasteiger partial charge in [0, 0.05) is 5.56 Å². The first kappa shape index (κ1) is 16.0. The standard InChI is InChI=1S/C21H17N3O2/c1-2-26-21(25)17-18(14-9-5-3-6-10-14)23-16-13-22-20(24-19(16)17)15-11-7-4-8-12-15/h3-13,23H,2H2,1H3. The van der Waals surface area contributed by atoms with Crippen LogP contribution in [0.2, 0.25) is 0 Å². The largest absolute Gasteiger partial charge is 0.462 e. The Morgan fingerprint density at radius 2 is 1.65 bits per heavy atom. The van der Waals surface area contributed by atoms with Crippen LogP contribution in [0.25, 0.3) is 33.7 Å². The molecule has 0 unspecified atom stereocenters. The van der Waals surface area contributed by atoms with Crippen molar-refractivity contribution >= 4 is 17.0 Å². The Bertz CT molecular complexity index is 1060. The molecule has 2 aromatic carbocycles. The van der Waals surface area contributed by atoms with E-state index in [4.69, 9.17) is 4.74 Å². The molecular formula is C21H17N3O2. The van der Waals surface area contributed by atoms with Crippen LogP contribution < -0.4 is 0 Å². The minimum absolute atomic E-state index is 0.302. The number of H-pyrrole nitrogens is 1. The van der Waals surface area contributed by atoms with Crippen molar-refractivity contribution in [3.05, 3.63) is 72.4 Å². The van der Waals surface area contributed by atoms with E-state index in [1.165, 1.54) is 0 Å². The third-order valence-corrected chi connectivity index (χ3v) is 4.11. The lowest BCUT2D eigenvalue weighted by molar-refractivity contribution is 0.0529. The number of ether oxygens (including phenoxy) is 1. The molecule has 0 fully saturated rings. The summed E-state index contributed by atoms with van der Waals surface area (Å²) in [5.41, 5.74) is 4.19. The Kier molecular flexibility index (Phi) is 4.19. The van der Waals surface area contributed by atoms with E-state index in [1.807, 2.05) is 60.7 Å². The average molecular weight is 343 g/mol. The number of fused-ring (bicyclic) bond motifs is 1. The van der Waals surface area contributed by atoms with E-state index in [-0.39, 0.29) is 0 Å². The summed E-state index contributed by atoms with van der Waals surface area (Å²) in [6, 6.07) is 19.4. The molecule has 2 heterocycles. The number of aromatic nitrogens is 3. The fourth-order valence-corrected chi connectivity index (χ4v) is 2.93. The third kappa shape index (κ3) is 2.84. The fourth-order valence-electron chi connectivity index (χ4n) is 2.93. The molecule has 26 heavy (non-hydrogen) atoms. The Hall–Kier alpha value is -3.47. The molecule has 5 nitrogen and oxygen atoms in total. The molecule has 0 radical (unpaired) electrons. The van der Waals surface area contributed by atoms with E-state index >= 15 is 0 Å². The number of esters is 1. The Morgan fingerprint density at radius 3 is 2.31 bits per heavy atom. The van der Waals surface area contributed by atoms with Gasteiger partial charge in [-0.3, -0.25) is 0 Å². The molecule has 0 atom stereocenters. The van der Waals surface area contributed by atoms with Crippen molar-refractivity contribution in [3.8, 4) is 22.6 Å². The molecule has 128 valence electrons. The van der Waals surface area contributed by atoms with Crippen molar-refractivity contribution in [1.29, 1.82) is 0 Å². The molecular weight excluding hydrogens is 326 g/mol. The van der Waals surface area contributed by atoms with Gasteiger partial charge in [-0.15, -0.1) is 0 Å². The molecule has 4 rings (SSSR count). The third-order valence-electron chi connectivity index (χ3n) is 4.11. The van der Waals surface area contributed by atoms with Crippen LogP contribution in [0.15, 0.2) is 66.9 Å². The first-order valence-electron chi connectivity index (χ1n) is 8.44. The highest BCUT2D eigenvalue weighted by atomic mass is 16.5. The molecule has 0 saturated heterocycles. The second-order valence-corrected chi connectivity index (χ2v) is 5.78. The fraction of sp³-hybridized carbons (Fsp3) is 0.0952. The lowest BCUT2D eigenvalue weighted by atomic mass is 10.1. The molecule has 0 aliphatic carbocycles. The second-order valence-electron chi connectivity index (χ2n) is 5.78. The van der Waals surface area contributed by atoms with Crippen molar-refractivity contribution in [2.24, 2.45) is 0 Å². The SMILES string of the molecule is CCOC(=O)c1c(-c2ccccc2)[nH]c2cnc(-c3ccccc3)nc12. The maximum absolute atomic E-state index is 12.7. The van der Waals surface area contributed by atoms with Crippen LogP contribution in [0.1, 0.15) is 17.3 Å². The van der Waals surface area contributed by atoms with Gasteiger partial charge in [-0.05, 0) is 12.5 Å². The summed E-state index contributed by atoms with van der Waals surface area (Å²) < 4.78 is 5.28. The molecule has 0 bridgehead atoms.